The molecule has 2 aromatic rings. The van der Waals surface area contributed by atoms with Crippen molar-refractivity contribution in [2.75, 3.05) is 11.9 Å². The lowest BCUT2D eigenvalue weighted by Crippen LogP contribution is -2.17. The fourth-order valence-corrected chi connectivity index (χ4v) is 2.42. The summed E-state index contributed by atoms with van der Waals surface area (Å²) in [5.74, 6) is 0.285. The molecule has 0 heterocycles. The molecule has 1 amide bonds. The van der Waals surface area contributed by atoms with Crippen molar-refractivity contribution in [1.82, 2.24) is 0 Å². The van der Waals surface area contributed by atoms with E-state index >= 15 is 0 Å². The molecule has 3 nitrogen and oxygen atoms in total. The first-order chi connectivity index (χ1) is 10.1. The number of carbonyl (C=O) groups excluding carboxylic acids is 1. The highest BCUT2D eigenvalue weighted by Crippen LogP contribution is 2.24. The van der Waals surface area contributed by atoms with Crippen LogP contribution in [-0.4, -0.2) is 12.5 Å². The van der Waals surface area contributed by atoms with Crippen LogP contribution in [0, 0.1) is 0 Å². The summed E-state index contributed by atoms with van der Waals surface area (Å²) in [5.41, 5.74) is 9.31. The van der Waals surface area contributed by atoms with Gasteiger partial charge in [0.05, 0.1) is 0 Å². The van der Waals surface area contributed by atoms with Crippen molar-refractivity contribution in [2.45, 2.75) is 26.2 Å². The van der Waals surface area contributed by atoms with Crippen LogP contribution in [0.4, 0.5) is 5.69 Å². The second-order valence-corrected chi connectivity index (χ2v) is 5.39. The van der Waals surface area contributed by atoms with Crippen molar-refractivity contribution in [3.8, 4) is 0 Å². The third kappa shape index (κ3) is 3.70. The maximum Gasteiger partial charge on any atom is 0.255 e. The van der Waals surface area contributed by atoms with Gasteiger partial charge in [0, 0.05) is 11.3 Å². The third-order valence-electron chi connectivity index (χ3n) is 3.51. The number of nitrogens with one attached hydrogen (secondary N) is 1. The number of nitrogens with two attached hydrogens (primary N) is 1. The highest BCUT2D eigenvalue weighted by molar-refractivity contribution is 6.05. The predicted octanol–water partition coefficient (Wildman–Crippen LogP) is 3.56. The fraction of sp³-hybridized carbons (Fsp3) is 0.278. The van der Waals surface area contributed by atoms with Crippen LogP contribution < -0.4 is 11.1 Å². The van der Waals surface area contributed by atoms with Crippen molar-refractivity contribution in [1.29, 1.82) is 0 Å². The zero-order valence-electron chi connectivity index (χ0n) is 12.6. The molecule has 2 rings (SSSR count). The average Bonchev–Trinajstić information content (AvgIpc) is 2.48. The van der Waals surface area contributed by atoms with E-state index in [0.717, 1.165) is 16.8 Å². The van der Waals surface area contributed by atoms with Gasteiger partial charge < -0.3 is 11.1 Å². The first-order valence-corrected chi connectivity index (χ1v) is 7.31. The summed E-state index contributed by atoms with van der Waals surface area (Å²) in [4.78, 5) is 12.5. The standard InChI is InChI=1S/C18H22N2O/c1-13(2)15-8-5-6-10-17(15)20-18(21)16-9-4-3-7-14(16)11-12-19/h3-10,13H,11-12,19H2,1-2H3,(H,20,21). The van der Waals surface area contributed by atoms with E-state index < -0.39 is 0 Å². The summed E-state index contributed by atoms with van der Waals surface area (Å²) >= 11 is 0. The number of carbonyl (C=O) groups is 1. The second-order valence-electron chi connectivity index (χ2n) is 5.39. The molecular weight excluding hydrogens is 260 g/mol. The fourth-order valence-electron chi connectivity index (χ4n) is 2.42. The van der Waals surface area contributed by atoms with Crippen LogP contribution in [0.1, 0.15) is 41.3 Å². The van der Waals surface area contributed by atoms with Gasteiger partial charge in [0.25, 0.3) is 5.91 Å². The number of para-hydroxylation sites is 1. The van der Waals surface area contributed by atoms with E-state index in [1.165, 1.54) is 0 Å². The van der Waals surface area contributed by atoms with Gasteiger partial charge in [-0.1, -0.05) is 50.2 Å². The lowest BCUT2D eigenvalue weighted by atomic mass is 10.00. The van der Waals surface area contributed by atoms with Gasteiger partial charge in [-0.3, -0.25) is 4.79 Å². The first kappa shape index (κ1) is 15.3. The predicted molar refractivity (Wildman–Crippen MR) is 87.7 cm³/mol. The van der Waals surface area contributed by atoms with Crippen LogP contribution in [0.25, 0.3) is 0 Å². The third-order valence-corrected chi connectivity index (χ3v) is 3.51. The molecule has 0 spiro atoms. The van der Waals surface area contributed by atoms with Gasteiger partial charge in [0.1, 0.15) is 0 Å². The summed E-state index contributed by atoms with van der Waals surface area (Å²) in [6, 6.07) is 15.5. The van der Waals surface area contributed by atoms with Gasteiger partial charge in [-0.05, 0) is 42.1 Å². The van der Waals surface area contributed by atoms with Crippen LogP contribution >= 0.6 is 0 Å². The molecule has 0 bridgehead atoms. The van der Waals surface area contributed by atoms with Crippen LogP contribution in [-0.2, 0) is 6.42 Å². The molecule has 0 aromatic heterocycles. The molecule has 0 saturated heterocycles. The Morgan fingerprint density at radius 3 is 2.48 bits per heavy atom. The van der Waals surface area contributed by atoms with Crippen LogP contribution in [0.5, 0.6) is 0 Å². The molecule has 3 N–H and O–H groups in total. The Balaban J connectivity index is 2.27. The second kappa shape index (κ2) is 7.04. The number of benzene rings is 2. The van der Waals surface area contributed by atoms with E-state index in [1.54, 1.807) is 0 Å². The molecule has 21 heavy (non-hydrogen) atoms. The summed E-state index contributed by atoms with van der Waals surface area (Å²) < 4.78 is 0. The topological polar surface area (TPSA) is 55.1 Å². The molecule has 0 saturated carbocycles. The van der Waals surface area contributed by atoms with Gasteiger partial charge in [0.15, 0.2) is 0 Å². The molecule has 0 fully saturated rings. The maximum atomic E-state index is 12.5. The largest absolute Gasteiger partial charge is 0.330 e. The van der Waals surface area contributed by atoms with Gasteiger partial charge in [-0.25, -0.2) is 0 Å². The lowest BCUT2D eigenvalue weighted by Gasteiger charge is -2.15. The molecule has 0 radical (unpaired) electrons. The van der Waals surface area contributed by atoms with Crippen molar-refractivity contribution in [3.63, 3.8) is 0 Å². The molecular formula is C18H22N2O. The number of anilines is 1. The smallest absolute Gasteiger partial charge is 0.255 e. The highest BCUT2D eigenvalue weighted by atomic mass is 16.1. The number of amides is 1. The molecule has 0 aliphatic carbocycles. The summed E-state index contributed by atoms with van der Waals surface area (Å²) in [6.45, 7) is 4.77. The van der Waals surface area contributed by atoms with Gasteiger partial charge in [0.2, 0.25) is 0 Å². The molecule has 0 aliphatic rings. The normalized spacial score (nSPS) is 10.7. The van der Waals surface area contributed by atoms with E-state index in [1.807, 2.05) is 48.5 Å². The first-order valence-electron chi connectivity index (χ1n) is 7.31. The lowest BCUT2D eigenvalue weighted by molar-refractivity contribution is 0.102. The summed E-state index contributed by atoms with van der Waals surface area (Å²) in [6.07, 6.45) is 0.704. The molecule has 3 heteroatoms. The Hall–Kier alpha value is -2.13. The maximum absolute atomic E-state index is 12.5. The molecule has 0 aliphatic heterocycles. The van der Waals surface area contributed by atoms with Gasteiger partial charge in [-0.15, -0.1) is 0 Å². The Labute approximate surface area is 126 Å². The monoisotopic (exact) mass is 282 g/mol. The van der Waals surface area contributed by atoms with Gasteiger partial charge >= 0.3 is 0 Å². The van der Waals surface area contributed by atoms with Gasteiger partial charge in [-0.2, -0.15) is 0 Å². The Morgan fingerprint density at radius 2 is 1.76 bits per heavy atom. The van der Waals surface area contributed by atoms with E-state index in [-0.39, 0.29) is 5.91 Å². The summed E-state index contributed by atoms with van der Waals surface area (Å²) in [5, 5.41) is 3.03. The molecule has 0 atom stereocenters. The quantitative estimate of drug-likeness (QED) is 0.881. The number of rotatable bonds is 5. The van der Waals surface area contributed by atoms with Crippen LogP contribution in [0.3, 0.4) is 0 Å². The van der Waals surface area contributed by atoms with E-state index in [4.69, 9.17) is 5.73 Å². The molecule has 2 aromatic carbocycles. The average molecular weight is 282 g/mol. The highest BCUT2D eigenvalue weighted by Gasteiger charge is 2.13. The Morgan fingerprint density at radius 1 is 1.10 bits per heavy atom. The molecule has 0 unspecified atom stereocenters. The van der Waals surface area contributed by atoms with Crippen LogP contribution in [0.2, 0.25) is 0 Å². The zero-order chi connectivity index (χ0) is 15.2. The molecule has 110 valence electrons. The van der Waals surface area contributed by atoms with E-state index in [9.17, 15) is 4.79 Å². The number of hydrogen-bond acceptors (Lipinski definition) is 2. The van der Waals surface area contributed by atoms with Crippen molar-refractivity contribution in [3.05, 3.63) is 65.2 Å². The minimum absolute atomic E-state index is 0.0767. The zero-order valence-corrected chi connectivity index (χ0v) is 12.6. The van der Waals surface area contributed by atoms with Crippen molar-refractivity contribution in [2.24, 2.45) is 5.73 Å². The minimum Gasteiger partial charge on any atom is -0.330 e. The number of hydrogen-bond donors (Lipinski definition) is 2. The van der Waals surface area contributed by atoms with Crippen molar-refractivity contribution < 1.29 is 4.79 Å². The van der Waals surface area contributed by atoms with Crippen molar-refractivity contribution >= 4 is 11.6 Å². The Bertz CT molecular complexity index is 620. The minimum atomic E-state index is -0.0767. The summed E-state index contributed by atoms with van der Waals surface area (Å²) in [7, 11) is 0. The van der Waals surface area contributed by atoms with E-state index in [2.05, 4.69) is 19.2 Å². The SMILES string of the molecule is CC(C)c1ccccc1NC(=O)c1ccccc1CCN. The van der Waals surface area contributed by atoms with E-state index in [0.29, 0.717) is 24.4 Å². The van der Waals surface area contributed by atoms with Crippen LogP contribution in [0.15, 0.2) is 48.5 Å². The Kier molecular flexibility index (Phi) is 5.12.